The SMILES string of the molecule is NC(=O)N1CCC[C@@H](C(=O)N2CCC[C@@H]2c2noc(C3CC3)n2)C1. The Hall–Kier alpha value is -2.12. The minimum Gasteiger partial charge on any atom is -0.351 e. The molecule has 0 radical (unpaired) electrons. The minimum absolute atomic E-state index is 0.0845. The van der Waals surface area contributed by atoms with Crippen LogP contribution in [0.2, 0.25) is 0 Å². The zero-order chi connectivity index (χ0) is 16.7. The number of hydrogen-bond acceptors (Lipinski definition) is 5. The first-order valence-electron chi connectivity index (χ1n) is 8.82. The number of piperidine rings is 1. The van der Waals surface area contributed by atoms with Crippen LogP contribution in [0.1, 0.15) is 62.2 Å². The number of amides is 3. The van der Waals surface area contributed by atoms with Gasteiger partial charge in [0, 0.05) is 25.6 Å². The Kier molecular flexibility index (Phi) is 3.90. The summed E-state index contributed by atoms with van der Waals surface area (Å²) < 4.78 is 5.35. The average molecular weight is 333 g/mol. The minimum atomic E-state index is -0.447. The van der Waals surface area contributed by atoms with E-state index in [1.165, 1.54) is 0 Å². The Bertz CT molecular complexity index is 641. The molecule has 0 spiro atoms. The number of primary amides is 1. The molecule has 3 fully saturated rings. The van der Waals surface area contributed by atoms with Crippen molar-refractivity contribution in [1.29, 1.82) is 0 Å². The Morgan fingerprint density at radius 2 is 1.92 bits per heavy atom. The van der Waals surface area contributed by atoms with Gasteiger partial charge in [0.2, 0.25) is 11.8 Å². The lowest BCUT2D eigenvalue weighted by molar-refractivity contribution is -0.138. The van der Waals surface area contributed by atoms with Gasteiger partial charge in [0.1, 0.15) is 0 Å². The molecule has 2 N–H and O–H groups in total. The average Bonchev–Trinajstić information content (AvgIpc) is 3.12. The number of hydrogen-bond donors (Lipinski definition) is 1. The van der Waals surface area contributed by atoms with Crippen LogP contribution in [0.25, 0.3) is 0 Å². The van der Waals surface area contributed by atoms with Gasteiger partial charge in [-0.1, -0.05) is 5.16 Å². The van der Waals surface area contributed by atoms with Crippen molar-refractivity contribution in [2.75, 3.05) is 19.6 Å². The molecule has 8 nitrogen and oxygen atoms in total. The quantitative estimate of drug-likeness (QED) is 0.900. The lowest BCUT2D eigenvalue weighted by Gasteiger charge is -2.34. The Balaban J connectivity index is 1.47. The molecule has 0 aromatic carbocycles. The highest BCUT2D eigenvalue weighted by molar-refractivity contribution is 5.81. The van der Waals surface area contributed by atoms with Gasteiger partial charge in [-0.25, -0.2) is 4.79 Å². The molecule has 0 unspecified atom stereocenters. The van der Waals surface area contributed by atoms with Crippen LogP contribution in [0, 0.1) is 5.92 Å². The van der Waals surface area contributed by atoms with Crippen molar-refractivity contribution in [1.82, 2.24) is 19.9 Å². The Morgan fingerprint density at radius 1 is 1.12 bits per heavy atom. The van der Waals surface area contributed by atoms with Gasteiger partial charge in [-0.05, 0) is 38.5 Å². The van der Waals surface area contributed by atoms with Crippen molar-refractivity contribution < 1.29 is 14.1 Å². The molecule has 130 valence electrons. The van der Waals surface area contributed by atoms with Gasteiger partial charge >= 0.3 is 6.03 Å². The van der Waals surface area contributed by atoms with Crippen LogP contribution in [-0.4, -0.2) is 51.5 Å². The number of likely N-dealkylation sites (tertiary alicyclic amines) is 2. The highest BCUT2D eigenvalue weighted by atomic mass is 16.5. The second-order valence-corrected chi connectivity index (χ2v) is 7.08. The molecule has 3 heterocycles. The van der Waals surface area contributed by atoms with Crippen molar-refractivity contribution in [3.8, 4) is 0 Å². The third-order valence-electron chi connectivity index (χ3n) is 5.30. The molecule has 4 rings (SSSR count). The maximum atomic E-state index is 13.0. The number of urea groups is 1. The molecular formula is C16H23N5O3. The summed E-state index contributed by atoms with van der Waals surface area (Å²) in [6.45, 7) is 1.76. The van der Waals surface area contributed by atoms with Crippen molar-refractivity contribution in [3.05, 3.63) is 11.7 Å². The second-order valence-electron chi connectivity index (χ2n) is 7.08. The van der Waals surface area contributed by atoms with Gasteiger partial charge in [-0.2, -0.15) is 4.98 Å². The fourth-order valence-corrected chi connectivity index (χ4v) is 3.79. The van der Waals surface area contributed by atoms with Gasteiger partial charge in [-0.15, -0.1) is 0 Å². The molecule has 1 aliphatic carbocycles. The van der Waals surface area contributed by atoms with Crippen molar-refractivity contribution in [3.63, 3.8) is 0 Å². The molecule has 0 bridgehead atoms. The summed E-state index contributed by atoms with van der Waals surface area (Å²) in [4.78, 5) is 32.3. The standard InChI is InChI=1S/C16H23N5O3/c17-16(23)20-7-1-3-11(9-20)15(22)21-8-2-4-12(21)13-18-14(24-19-13)10-5-6-10/h10-12H,1-9H2,(H2,17,23)/t11-,12-/m1/s1. The highest BCUT2D eigenvalue weighted by Gasteiger charge is 2.39. The third-order valence-corrected chi connectivity index (χ3v) is 5.30. The maximum Gasteiger partial charge on any atom is 0.314 e. The van der Waals surface area contributed by atoms with E-state index in [1.54, 1.807) is 4.90 Å². The summed E-state index contributed by atoms with van der Waals surface area (Å²) in [6.07, 6.45) is 5.63. The summed E-state index contributed by atoms with van der Waals surface area (Å²) in [7, 11) is 0. The van der Waals surface area contributed by atoms with E-state index in [0.29, 0.717) is 37.3 Å². The summed E-state index contributed by atoms with van der Waals surface area (Å²) in [6, 6.07) is -0.546. The number of carbonyl (C=O) groups excluding carboxylic acids is 2. The van der Waals surface area contributed by atoms with Gasteiger partial charge in [-0.3, -0.25) is 4.79 Å². The van der Waals surface area contributed by atoms with Crippen LogP contribution in [0.4, 0.5) is 4.79 Å². The fraction of sp³-hybridized carbons (Fsp3) is 0.750. The lowest BCUT2D eigenvalue weighted by Crippen LogP contribution is -2.48. The van der Waals surface area contributed by atoms with E-state index in [2.05, 4.69) is 10.1 Å². The summed E-state index contributed by atoms with van der Waals surface area (Å²) in [5, 5.41) is 4.12. The molecule has 24 heavy (non-hydrogen) atoms. The van der Waals surface area contributed by atoms with Crippen molar-refractivity contribution in [2.24, 2.45) is 11.7 Å². The first-order valence-corrected chi connectivity index (χ1v) is 8.82. The van der Waals surface area contributed by atoms with E-state index in [9.17, 15) is 9.59 Å². The predicted octanol–water partition coefficient (Wildman–Crippen LogP) is 1.40. The normalized spacial score (nSPS) is 27.5. The summed E-state index contributed by atoms with van der Waals surface area (Å²) in [5.41, 5.74) is 5.37. The van der Waals surface area contributed by atoms with Crippen LogP contribution in [-0.2, 0) is 4.79 Å². The zero-order valence-corrected chi connectivity index (χ0v) is 13.7. The predicted molar refractivity (Wildman–Crippen MR) is 83.8 cm³/mol. The highest BCUT2D eigenvalue weighted by Crippen LogP contribution is 2.40. The first-order chi connectivity index (χ1) is 11.6. The Labute approximate surface area is 140 Å². The summed E-state index contributed by atoms with van der Waals surface area (Å²) >= 11 is 0. The molecule has 2 atom stereocenters. The van der Waals surface area contributed by atoms with E-state index in [0.717, 1.165) is 38.5 Å². The van der Waals surface area contributed by atoms with Crippen LogP contribution in [0.15, 0.2) is 4.52 Å². The molecule has 1 saturated carbocycles. The molecule has 2 saturated heterocycles. The number of carbonyl (C=O) groups is 2. The van der Waals surface area contributed by atoms with E-state index >= 15 is 0 Å². The molecular weight excluding hydrogens is 310 g/mol. The molecule has 3 aliphatic rings. The van der Waals surface area contributed by atoms with Gasteiger partial charge < -0.3 is 20.1 Å². The van der Waals surface area contributed by atoms with E-state index in [4.69, 9.17) is 10.3 Å². The largest absolute Gasteiger partial charge is 0.351 e. The first kappa shape index (κ1) is 15.4. The summed E-state index contributed by atoms with van der Waals surface area (Å²) in [5.74, 6) is 1.66. The van der Waals surface area contributed by atoms with Gasteiger partial charge in [0.15, 0.2) is 5.82 Å². The smallest absolute Gasteiger partial charge is 0.314 e. The zero-order valence-electron chi connectivity index (χ0n) is 13.7. The van der Waals surface area contributed by atoms with Crippen LogP contribution in [0.5, 0.6) is 0 Å². The van der Waals surface area contributed by atoms with E-state index in [1.807, 2.05) is 4.90 Å². The van der Waals surface area contributed by atoms with E-state index < -0.39 is 6.03 Å². The maximum absolute atomic E-state index is 13.0. The number of aromatic nitrogens is 2. The lowest BCUT2D eigenvalue weighted by atomic mass is 9.96. The fourth-order valence-electron chi connectivity index (χ4n) is 3.79. The van der Waals surface area contributed by atoms with E-state index in [-0.39, 0.29) is 17.9 Å². The third kappa shape index (κ3) is 2.85. The molecule has 3 amide bonds. The van der Waals surface area contributed by atoms with Crippen LogP contribution < -0.4 is 5.73 Å². The Morgan fingerprint density at radius 3 is 2.67 bits per heavy atom. The molecule has 2 aliphatic heterocycles. The van der Waals surface area contributed by atoms with Crippen LogP contribution >= 0.6 is 0 Å². The van der Waals surface area contributed by atoms with Crippen molar-refractivity contribution in [2.45, 2.75) is 50.5 Å². The molecule has 8 heteroatoms. The molecule has 1 aromatic rings. The number of nitrogens with two attached hydrogens (primary N) is 1. The van der Waals surface area contributed by atoms with Gasteiger partial charge in [0.25, 0.3) is 0 Å². The monoisotopic (exact) mass is 333 g/mol. The van der Waals surface area contributed by atoms with Crippen molar-refractivity contribution >= 4 is 11.9 Å². The number of rotatable bonds is 3. The second kappa shape index (κ2) is 6.07. The molecule has 1 aromatic heterocycles. The van der Waals surface area contributed by atoms with Gasteiger partial charge in [0.05, 0.1) is 12.0 Å². The van der Waals surface area contributed by atoms with Crippen LogP contribution in [0.3, 0.4) is 0 Å². The number of nitrogens with zero attached hydrogens (tertiary/aromatic N) is 4. The topological polar surface area (TPSA) is 106 Å².